The summed E-state index contributed by atoms with van der Waals surface area (Å²) in [7, 11) is 1.58. The van der Waals surface area contributed by atoms with Crippen molar-refractivity contribution >= 4 is 5.91 Å². The first kappa shape index (κ1) is 7.47. The van der Waals surface area contributed by atoms with E-state index in [1.807, 2.05) is 0 Å². The molecule has 10 heavy (non-hydrogen) atoms. The molecule has 1 fully saturated rings. The van der Waals surface area contributed by atoms with Crippen molar-refractivity contribution in [3.8, 4) is 0 Å². The number of halogens is 1. The van der Waals surface area contributed by atoms with E-state index in [-0.39, 0.29) is 5.91 Å². The number of likely N-dealkylation sites (tertiary alicyclic amines) is 1. The molecule has 1 aliphatic heterocycles. The highest BCUT2D eigenvalue weighted by atomic mass is 19.1. The van der Waals surface area contributed by atoms with Crippen molar-refractivity contribution < 1.29 is 9.18 Å². The highest BCUT2D eigenvalue weighted by Gasteiger charge is 2.26. The molecule has 1 heterocycles. The quantitative estimate of drug-likeness (QED) is 0.563. The van der Waals surface area contributed by atoms with Crippen molar-refractivity contribution in [2.75, 3.05) is 26.7 Å². The SMILES string of the molecule is CNC(=O)CN1CC(F)C1. The van der Waals surface area contributed by atoms with Crippen LogP contribution in [0.3, 0.4) is 0 Å². The fourth-order valence-corrected chi connectivity index (χ4v) is 0.918. The van der Waals surface area contributed by atoms with Crippen LogP contribution in [0.4, 0.5) is 4.39 Å². The zero-order chi connectivity index (χ0) is 7.56. The van der Waals surface area contributed by atoms with E-state index in [2.05, 4.69) is 5.32 Å². The summed E-state index contributed by atoms with van der Waals surface area (Å²) in [4.78, 5) is 12.4. The van der Waals surface area contributed by atoms with Gasteiger partial charge in [-0.25, -0.2) is 4.39 Å². The van der Waals surface area contributed by atoms with E-state index in [1.165, 1.54) is 0 Å². The molecule has 0 saturated carbocycles. The van der Waals surface area contributed by atoms with E-state index in [0.29, 0.717) is 19.6 Å². The molecule has 0 spiro atoms. The van der Waals surface area contributed by atoms with E-state index in [1.54, 1.807) is 11.9 Å². The number of nitrogens with zero attached hydrogens (tertiary/aromatic N) is 1. The number of nitrogens with one attached hydrogen (secondary N) is 1. The molecule has 58 valence electrons. The van der Waals surface area contributed by atoms with Gasteiger partial charge in [-0.2, -0.15) is 0 Å². The van der Waals surface area contributed by atoms with E-state index >= 15 is 0 Å². The highest BCUT2D eigenvalue weighted by molar-refractivity contribution is 5.77. The van der Waals surface area contributed by atoms with Gasteiger partial charge in [0.25, 0.3) is 0 Å². The maximum atomic E-state index is 12.1. The number of alkyl halides is 1. The van der Waals surface area contributed by atoms with Gasteiger partial charge in [0.05, 0.1) is 6.54 Å². The number of hydrogen-bond donors (Lipinski definition) is 1. The molecule has 1 amide bonds. The average molecular weight is 146 g/mol. The van der Waals surface area contributed by atoms with E-state index < -0.39 is 6.17 Å². The standard InChI is InChI=1S/C6H11FN2O/c1-8-6(10)4-9-2-5(7)3-9/h5H,2-4H2,1H3,(H,8,10). The van der Waals surface area contributed by atoms with Crippen LogP contribution in [0.2, 0.25) is 0 Å². The highest BCUT2D eigenvalue weighted by Crippen LogP contribution is 2.09. The summed E-state index contributed by atoms with van der Waals surface area (Å²) in [5.41, 5.74) is 0. The maximum Gasteiger partial charge on any atom is 0.233 e. The number of carbonyl (C=O) groups is 1. The minimum absolute atomic E-state index is 0.0492. The van der Waals surface area contributed by atoms with Crippen LogP contribution in [0, 0.1) is 0 Å². The molecule has 0 aromatic rings. The average Bonchev–Trinajstić information content (AvgIpc) is 1.84. The number of amides is 1. The van der Waals surface area contributed by atoms with E-state index in [0.717, 1.165) is 0 Å². The third-order valence-corrected chi connectivity index (χ3v) is 1.56. The van der Waals surface area contributed by atoms with Gasteiger partial charge < -0.3 is 5.32 Å². The first-order chi connectivity index (χ1) is 4.72. The fourth-order valence-electron chi connectivity index (χ4n) is 0.918. The number of carbonyl (C=O) groups excluding carboxylic acids is 1. The van der Waals surface area contributed by atoms with Gasteiger partial charge >= 0.3 is 0 Å². The Labute approximate surface area is 59.2 Å². The Hall–Kier alpha value is -0.640. The minimum atomic E-state index is -0.718. The molecule has 1 N–H and O–H groups in total. The molecule has 1 saturated heterocycles. The third kappa shape index (κ3) is 1.67. The number of likely N-dealkylation sites (N-methyl/N-ethyl adjacent to an activating group) is 1. The molecule has 0 radical (unpaired) electrons. The lowest BCUT2D eigenvalue weighted by molar-refractivity contribution is -0.123. The van der Waals surface area contributed by atoms with Gasteiger partial charge in [-0.15, -0.1) is 0 Å². The summed E-state index contributed by atoms with van der Waals surface area (Å²) in [6.45, 7) is 1.15. The Bertz CT molecular complexity index is 134. The van der Waals surface area contributed by atoms with Crippen molar-refractivity contribution in [1.29, 1.82) is 0 Å². The van der Waals surface area contributed by atoms with Crippen molar-refractivity contribution in [3.05, 3.63) is 0 Å². The summed E-state index contributed by atoms with van der Waals surface area (Å²) in [6, 6.07) is 0. The molecule has 4 heteroatoms. The molecular formula is C6H11FN2O. The Morgan fingerprint density at radius 1 is 1.80 bits per heavy atom. The van der Waals surface area contributed by atoms with Crippen molar-refractivity contribution in [3.63, 3.8) is 0 Å². The Morgan fingerprint density at radius 3 is 2.80 bits per heavy atom. The molecule has 0 unspecified atom stereocenters. The lowest BCUT2D eigenvalue weighted by atomic mass is 10.2. The summed E-state index contributed by atoms with van der Waals surface area (Å²) in [6.07, 6.45) is -0.718. The molecule has 1 rings (SSSR count). The second kappa shape index (κ2) is 2.96. The molecule has 0 bridgehead atoms. The van der Waals surface area contributed by atoms with Crippen molar-refractivity contribution in [2.45, 2.75) is 6.17 Å². The van der Waals surface area contributed by atoms with Crippen molar-refractivity contribution in [1.82, 2.24) is 10.2 Å². The van der Waals surface area contributed by atoms with Gasteiger partial charge in [0.1, 0.15) is 6.17 Å². The Balaban J connectivity index is 2.10. The molecular weight excluding hydrogens is 135 g/mol. The van der Waals surface area contributed by atoms with Gasteiger partial charge in [0.2, 0.25) is 5.91 Å². The third-order valence-electron chi connectivity index (χ3n) is 1.56. The summed E-state index contributed by atoms with van der Waals surface area (Å²) in [5.74, 6) is -0.0492. The number of rotatable bonds is 2. The predicted molar refractivity (Wildman–Crippen MR) is 35.4 cm³/mol. The van der Waals surface area contributed by atoms with Crippen LogP contribution < -0.4 is 5.32 Å². The van der Waals surface area contributed by atoms with E-state index in [4.69, 9.17) is 0 Å². The van der Waals surface area contributed by atoms with Crippen LogP contribution in [0.25, 0.3) is 0 Å². The molecule has 3 nitrogen and oxygen atoms in total. The topological polar surface area (TPSA) is 32.3 Å². The lowest BCUT2D eigenvalue weighted by Gasteiger charge is -2.33. The normalized spacial score (nSPS) is 20.2. The predicted octanol–water partition coefficient (Wildman–Crippen LogP) is -0.614. The molecule has 0 aliphatic carbocycles. The maximum absolute atomic E-state index is 12.1. The molecule has 0 aromatic heterocycles. The minimum Gasteiger partial charge on any atom is -0.358 e. The van der Waals surface area contributed by atoms with Crippen molar-refractivity contribution in [2.24, 2.45) is 0 Å². The Kier molecular flexibility index (Phi) is 2.21. The van der Waals surface area contributed by atoms with Crippen LogP contribution in [-0.4, -0.2) is 43.7 Å². The largest absolute Gasteiger partial charge is 0.358 e. The molecule has 0 atom stereocenters. The summed E-state index contributed by atoms with van der Waals surface area (Å²) < 4.78 is 12.1. The molecule has 1 aliphatic rings. The van der Waals surface area contributed by atoms with Gasteiger partial charge in [-0.1, -0.05) is 0 Å². The van der Waals surface area contributed by atoms with Gasteiger partial charge in [-0.05, 0) is 0 Å². The second-order valence-corrected chi connectivity index (χ2v) is 2.46. The van der Waals surface area contributed by atoms with Gasteiger partial charge in [0, 0.05) is 20.1 Å². The first-order valence-corrected chi connectivity index (χ1v) is 3.29. The van der Waals surface area contributed by atoms with E-state index in [9.17, 15) is 9.18 Å². The lowest BCUT2D eigenvalue weighted by Crippen LogP contribution is -2.51. The van der Waals surface area contributed by atoms with Crippen LogP contribution in [0.5, 0.6) is 0 Å². The summed E-state index contributed by atoms with van der Waals surface area (Å²) in [5, 5.41) is 2.48. The number of hydrogen-bond acceptors (Lipinski definition) is 2. The van der Waals surface area contributed by atoms with Crippen LogP contribution in [0.1, 0.15) is 0 Å². The summed E-state index contributed by atoms with van der Waals surface area (Å²) >= 11 is 0. The zero-order valence-corrected chi connectivity index (χ0v) is 5.93. The zero-order valence-electron chi connectivity index (χ0n) is 5.93. The van der Waals surface area contributed by atoms with Crippen LogP contribution in [0.15, 0.2) is 0 Å². The smallest absolute Gasteiger partial charge is 0.233 e. The fraction of sp³-hybridized carbons (Fsp3) is 0.833. The monoisotopic (exact) mass is 146 g/mol. The molecule has 0 aromatic carbocycles. The van der Waals surface area contributed by atoms with Gasteiger partial charge in [0.15, 0.2) is 0 Å². The first-order valence-electron chi connectivity index (χ1n) is 3.29. The van der Waals surface area contributed by atoms with Gasteiger partial charge in [-0.3, -0.25) is 9.69 Å². The second-order valence-electron chi connectivity index (χ2n) is 2.46. The Morgan fingerprint density at radius 2 is 2.40 bits per heavy atom. The van der Waals surface area contributed by atoms with Crippen LogP contribution >= 0.6 is 0 Å². The van der Waals surface area contributed by atoms with Crippen LogP contribution in [-0.2, 0) is 4.79 Å².